The standard InChI is InChI=1S/C10H22N2O8S2.Na/c13-9(7-21(15,16)17)5-11-1-2-12(4-3-11)6-10(14)8-22(18,19)20;/h9-10,13-14H,1-8H2,(H,15,16,17)(H,18,19,20);. The van der Waals surface area contributed by atoms with E-state index in [-0.39, 0.29) is 42.6 Å². The Morgan fingerprint density at radius 1 is 0.739 bits per heavy atom. The zero-order valence-electron chi connectivity index (χ0n) is 12.9. The summed E-state index contributed by atoms with van der Waals surface area (Å²) >= 11 is 0. The molecule has 2 atom stereocenters. The molecule has 1 saturated heterocycles. The van der Waals surface area contributed by atoms with Crippen LogP contribution in [0.2, 0.25) is 0 Å². The Balaban J connectivity index is 0.00000484. The Kier molecular flexibility index (Phi) is 10.3. The van der Waals surface area contributed by atoms with E-state index in [2.05, 4.69) is 0 Å². The summed E-state index contributed by atoms with van der Waals surface area (Å²) in [6.45, 7) is 2.20. The molecule has 0 aliphatic carbocycles. The fourth-order valence-corrected chi connectivity index (χ4v) is 3.53. The molecule has 0 amide bonds. The van der Waals surface area contributed by atoms with Gasteiger partial charge in [-0.05, 0) is 0 Å². The fourth-order valence-electron chi connectivity index (χ4n) is 2.34. The topological polar surface area (TPSA) is 156 Å². The SMILES string of the molecule is O=S(=O)(O)CC(O)CN1CCN(CC(O)CS(=O)(=O)O)CC1.[Na]. The van der Waals surface area contributed by atoms with Gasteiger partial charge < -0.3 is 10.2 Å². The minimum atomic E-state index is -4.22. The van der Waals surface area contributed by atoms with E-state index in [1.54, 1.807) is 0 Å². The van der Waals surface area contributed by atoms with Crippen LogP contribution in [0.15, 0.2) is 0 Å². The van der Waals surface area contributed by atoms with Crippen molar-refractivity contribution in [1.82, 2.24) is 9.80 Å². The van der Waals surface area contributed by atoms with Crippen molar-refractivity contribution in [2.45, 2.75) is 12.2 Å². The molecule has 0 spiro atoms. The number of hydrogen-bond donors (Lipinski definition) is 4. The Morgan fingerprint density at radius 2 is 1.00 bits per heavy atom. The van der Waals surface area contributed by atoms with E-state index in [9.17, 15) is 27.0 Å². The molecule has 1 heterocycles. The normalized spacial score (nSPS) is 20.7. The van der Waals surface area contributed by atoms with Crippen molar-refractivity contribution in [2.24, 2.45) is 0 Å². The molecule has 10 nitrogen and oxygen atoms in total. The predicted octanol–water partition coefficient (Wildman–Crippen LogP) is -3.28. The van der Waals surface area contributed by atoms with Crippen molar-refractivity contribution in [3.8, 4) is 0 Å². The van der Waals surface area contributed by atoms with Crippen LogP contribution in [0.3, 0.4) is 0 Å². The molecule has 0 bridgehead atoms. The van der Waals surface area contributed by atoms with Crippen molar-refractivity contribution in [1.29, 1.82) is 0 Å². The van der Waals surface area contributed by atoms with Gasteiger partial charge in [0, 0.05) is 68.8 Å². The molecule has 1 rings (SSSR count). The molecule has 0 saturated carbocycles. The maximum atomic E-state index is 10.6. The maximum absolute atomic E-state index is 10.6. The third-order valence-electron chi connectivity index (χ3n) is 3.21. The number of hydrogen-bond acceptors (Lipinski definition) is 8. The molecule has 23 heavy (non-hydrogen) atoms. The van der Waals surface area contributed by atoms with E-state index in [1.807, 2.05) is 9.80 Å². The first-order chi connectivity index (χ1) is 9.94. The van der Waals surface area contributed by atoms with Gasteiger partial charge in [-0.2, -0.15) is 16.8 Å². The van der Waals surface area contributed by atoms with Gasteiger partial charge in [0.25, 0.3) is 20.2 Å². The second kappa shape index (κ2) is 9.97. The molecule has 1 radical (unpaired) electrons. The number of piperazine rings is 1. The van der Waals surface area contributed by atoms with Crippen molar-refractivity contribution < 1.29 is 36.2 Å². The van der Waals surface area contributed by atoms with E-state index >= 15 is 0 Å². The molecule has 0 aromatic heterocycles. The third-order valence-corrected chi connectivity index (χ3v) is 4.82. The number of nitrogens with zero attached hydrogens (tertiary/aromatic N) is 2. The van der Waals surface area contributed by atoms with Gasteiger partial charge in [-0.1, -0.05) is 0 Å². The summed E-state index contributed by atoms with van der Waals surface area (Å²) in [5.41, 5.74) is 0. The van der Waals surface area contributed by atoms with E-state index in [4.69, 9.17) is 9.11 Å². The molecule has 1 aliphatic heterocycles. The van der Waals surface area contributed by atoms with Gasteiger partial charge in [0.05, 0.1) is 12.2 Å². The Bertz CT molecular complexity index is 497. The van der Waals surface area contributed by atoms with Crippen molar-refractivity contribution >= 4 is 49.8 Å². The fraction of sp³-hybridized carbons (Fsp3) is 1.00. The number of aliphatic hydroxyl groups excluding tert-OH is 2. The van der Waals surface area contributed by atoms with Gasteiger partial charge in [-0.3, -0.25) is 18.9 Å². The van der Waals surface area contributed by atoms with Crippen LogP contribution in [0.5, 0.6) is 0 Å². The average Bonchev–Trinajstić information content (AvgIpc) is 2.26. The van der Waals surface area contributed by atoms with Crippen molar-refractivity contribution in [3.05, 3.63) is 0 Å². The van der Waals surface area contributed by atoms with Crippen LogP contribution in [0, 0.1) is 0 Å². The summed E-state index contributed by atoms with van der Waals surface area (Å²) in [6, 6.07) is 0. The van der Waals surface area contributed by atoms with E-state index in [0.717, 1.165) is 0 Å². The van der Waals surface area contributed by atoms with Gasteiger partial charge in [-0.25, -0.2) is 0 Å². The van der Waals surface area contributed by atoms with Crippen LogP contribution in [0.25, 0.3) is 0 Å². The molecule has 4 N–H and O–H groups in total. The zero-order chi connectivity index (χ0) is 17.0. The van der Waals surface area contributed by atoms with Crippen LogP contribution < -0.4 is 0 Å². The van der Waals surface area contributed by atoms with E-state index < -0.39 is 43.9 Å². The first-order valence-electron chi connectivity index (χ1n) is 6.66. The monoisotopic (exact) mass is 385 g/mol. The van der Waals surface area contributed by atoms with Gasteiger partial charge in [0.2, 0.25) is 0 Å². The largest absolute Gasteiger partial charge is 0.391 e. The molecule has 2 unspecified atom stereocenters. The molecular formula is C10H22N2NaO8S2. The predicted molar refractivity (Wildman–Crippen MR) is 83.5 cm³/mol. The van der Waals surface area contributed by atoms with Crippen LogP contribution >= 0.6 is 0 Å². The summed E-state index contributed by atoms with van der Waals surface area (Å²) in [5, 5.41) is 19.1. The maximum Gasteiger partial charge on any atom is 0.267 e. The first kappa shape index (κ1) is 23.7. The van der Waals surface area contributed by atoms with Crippen LogP contribution in [-0.4, -0.2) is 138 Å². The van der Waals surface area contributed by atoms with Gasteiger partial charge in [-0.15, -0.1) is 0 Å². The van der Waals surface area contributed by atoms with E-state index in [1.165, 1.54) is 0 Å². The Labute approximate surface area is 158 Å². The minimum absolute atomic E-state index is 0. The molecule has 1 aliphatic rings. The average molecular weight is 385 g/mol. The van der Waals surface area contributed by atoms with Crippen LogP contribution in [-0.2, 0) is 20.2 Å². The van der Waals surface area contributed by atoms with Crippen molar-refractivity contribution in [3.63, 3.8) is 0 Å². The van der Waals surface area contributed by atoms with Gasteiger partial charge >= 0.3 is 0 Å². The molecule has 0 aromatic carbocycles. The van der Waals surface area contributed by atoms with Crippen LogP contribution in [0.1, 0.15) is 0 Å². The number of aliphatic hydroxyl groups is 2. The molecule has 0 aromatic rings. The number of β-amino-alcohol motifs (C(OH)–C–C–N with tert-alkyl or cyclic N) is 2. The summed E-state index contributed by atoms with van der Waals surface area (Å²) in [5.74, 6) is -1.44. The molecule has 13 heteroatoms. The summed E-state index contributed by atoms with van der Waals surface area (Å²) < 4.78 is 59.8. The van der Waals surface area contributed by atoms with Gasteiger partial charge in [0.15, 0.2) is 0 Å². The Morgan fingerprint density at radius 3 is 1.22 bits per heavy atom. The summed E-state index contributed by atoms with van der Waals surface area (Å²) in [6.07, 6.45) is -2.38. The first-order valence-corrected chi connectivity index (χ1v) is 9.87. The van der Waals surface area contributed by atoms with Gasteiger partial charge in [0.1, 0.15) is 11.5 Å². The molecular weight excluding hydrogens is 363 g/mol. The number of rotatable bonds is 8. The van der Waals surface area contributed by atoms with Crippen LogP contribution in [0.4, 0.5) is 0 Å². The molecule has 1 fully saturated rings. The zero-order valence-corrected chi connectivity index (χ0v) is 16.6. The molecule has 133 valence electrons. The smallest absolute Gasteiger partial charge is 0.267 e. The van der Waals surface area contributed by atoms with Crippen molar-refractivity contribution in [2.75, 3.05) is 50.8 Å². The van der Waals surface area contributed by atoms with E-state index in [0.29, 0.717) is 26.2 Å². The second-order valence-electron chi connectivity index (χ2n) is 5.41. The quantitative estimate of drug-likeness (QED) is 0.247. The third kappa shape index (κ3) is 11.8. The second-order valence-corrected chi connectivity index (χ2v) is 8.40. The minimum Gasteiger partial charge on any atom is -0.391 e. The summed E-state index contributed by atoms with van der Waals surface area (Å²) in [4.78, 5) is 3.61. The summed E-state index contributed by atoms with van der Waals surface area (Å²) in [7, 11) is -8.44. The Hall–Kier alpha value is 0.660.